The maximum Gasteiger partial charge on any atom is 0.270 e. The van der Waals surface area contributed by atoms with E-state index in [-0.39, 0.29) is 17.1 Å². The number of H-pyrrole nitrogens is 1. The van der Waals surface area contributed by atoms with Crippen LogP contribution in [0.4, 0.5) is 4.39 Å². The third-order valence-electron chi connectivity index (χ3n) is 3.21. The lowest BCUT2D eigenvalue weighted by molar-refractivity contribution is 0.0947. The Kier molecular flexibility index (Phi) is 4.13. The molecule has 0 saturated heterocycles. The van der Waals surface area contributed by atoms with Crippen molar-refractivity contribution in [1.29, 1.82) is 0 Å². The van der Waals surface area contributed by atoms with Crippen LogP contribution >= 0.6 is 27.5 Å². The second-order valence-electron chi connectivity index (χ2n) is 4.67. The lowest BCUT2D eigenvalue weighted by Crippen LogP contribution is -2.23. The van der Waals surface area contributed by atoms with Gasteiger partial charge in [-0.3, -0.25) is 9.89 Å². The maximum atomic E-state index is 13.9. The van der Waals surface area contributed by atoms with Crippen LogP contribution in [-0.4, -0.2) is 16.1 Å². The molecule has 0 saturated carbocycles. The van der Waals surface area contributed by atoms with Crippen LogP contribution in [-0.2, 0) is 6.54 Å². The van der Waals surface area contributed by atoms with E-state index < -0.39 is 5.82 Å². The van der Waals surface area contributed by atoms with Gasteiger partial charge >= 0.3 is 0 Å². The number of rotatable bonds is 3. The lowest BCUT2D eigenvalue weighted by Gasteiger charge is -2.04. The van der Waals surface area contributed by atoms with Crippen LogP contribution in [0.3, 0.4) is 0 Å². The molecule has 1 aromatic heterocycles. The average molecular weight is 383 g/mol. The van der Waals surface area contributed by atoms with Crippen molar-refractivity contribution < 1.29 is 9.18 Å². The first-order chi connectivity index (χ1) is 10.6. The zero-order valence-electron chi connectivity index (χ0n) is 11.2. The van der Waals surface area contributed by atoms with E-state index in [1.807, 2.05) is 12.1 Å². The molecule has 0 aliphatic heterocycles. The smallest absolute Gasteiger partial charge is 0.270 e. The topological polar surface area (TPSA) is 57.8 Å². The zero-order chi connectivity index (χ0) is 15.7. The Morgan fingerprint density at radius 3 is 2.73 bits per heavy atom. The Balaban J connectivity index is 1.81. The molecule has 0 fully saturated rings. The van der Waals surface area contributed by atoms with Crippen molar-refractivity contribution in [2.75, 3.05) is 0 Å². The highest BCUT2D eigenvalue weighted by Crippen LogP contribution is 2.25. The number of halogens is 3. The highest BCUT2D eigenvalue weighted by molar-refractivity contribution is 9.10. The van der Waals surface area contributed by atoms with Gasteiger partial charge in [0, 0.05) is 17.0 Å². The molecule has 4 nitrogen and oxygen atoms in total. The Labute approximate surface area is 138 Å². The number of hydrogen-bond donors (Lipinski definition) is 2. The van der Waals surface area contributed by atoms with Crippen LogP contribution in [0.25, 0.3) is 10.9 Å². The summed E-state index contributed by atoms with van der Waals surface area (Å²) in [6, 6.07) is 10.3. The standard InChI is InChI=1S/C15H10BrClFN3O/c16-11-6-5-10-13(12(11)18)20-21-14(10)15(22)19-7-8-1-3-9(17)4-2-8/h1-6H,7H2,(H,19,22)(H,20,21). The summed E-state index contributed by atoms with van der Waals surface area (Å²) in [5.41, 5.74) is 1.27. The third kappa shape index (κ3) is 2.84. The molecular formula is C15H10BrClFN3O. The highest BCUT2D eigenvalue weighted by Gasteiger charge is 2.17. The molecule has 3 aromatic rings. The molecule has 0 bridgehead atoms. The van der Waals surface area contributed by atoms with Crippen molar-refractivity contribution in [2.24, 2.45) is 0 Å². The number of fused-ring (bicyclic) bond motifs is 1. The molecular weight excluding hydrogens is 373 g/mol. The number of hydrogen-bond acceptors (Lipinski definition) is 2. The minimum Gasteiger partial charge on any atom is -0.347 e. The summed E-state index contributed by atoms with van der Waals surface area (Å²) in [7, 11) is 0. The summed E-state index contributed by atoms with van der Waals surface area (Å²) in [6.45, 7) is 0.343. The predicted octanol–water partition coefficient (Wildman–Crippen LogP) is 4.05. The lowest BCUT2D eigenvalue weighted by atomic mass is 10.2. The molecule has 2 aromatic carbocycles. The van der Waals surface area contributed by atoms with Crippen molar-refractivity contribution in [3.8, 4) is 0 Å². The molecule has 7 heteroatoms. The zero-order valence-corrected chi connectivity index (χ0v) is 13.5. The largest absolute Gasteiger partial charge is 0.347 e. The van der Waals surface area contributed by atoms with Crippen LogP contribution in [0.15, 0.2) is 40.9 Å². The molecule has 0 radical (unpaired) electrons. The van der Waals surface area contributed by atoms with Gasteiger partial charge < -0.3 is 5.32 Å². The normalized spacial score (nSPS) is 10.9. The molecule has 0 atom stereocenters. The van der Waals surface area contributed by atoms with Crippen LogP contribution in [0.1, 0.15) is 16.1 Å². The van der Waals surface area contributed by atoms with Gasteiger partial charge in [-0.05, 0) is 45.8 Å². The molecule has 0 unspecified atom stereocenters. The van der Waals surface area contributed by atoms with Gasteiger partial charge in [0.05, 0.1) is 4.47 Å². The van der Waals surface area contributed by atoms with E-state index >= 15 is 0 Å². The molecule has 112 valence electrons. The summed E-state index contributed by atoms with van der Waals surface area (Å²) < 4.78 is 14.2. The molecule has 1 amide bonds. The Hall–Kier alpha value is -1.92. The summed E-state index contributed by atoms with van der Waals surface area (Å²) >= 11 is 8.90. The maximum absolute atomic E-state index is 13.9. The number of nitrogens with one attached hydrogen (secondary N) is 2. The molecule has 0 aliphatic carbocycles. The Morgan fingerprint density at radius 1 is 1.27 bits per heavy atom. The first kappa shape index (κ1) is 15.0. The summed E-state index contributed by atoms with van der Waals surface area (Å²) in [6.07, 6.45) is 0. The third-order valence-corrected chi connectivity index (χ3v) is 4.08. The second-order valence-corrected chi connectivity index (χ2v) is 5.96. The van der Waals surface area contributed by atoms with Crippen molar-refractivity contribution in [1.82, 2.24) is 15.5 Å². The highest BCUT2D eigenvalue weighted by atomic mass is 79.9. The van der Waals surface area contributed by atoms with Crippen molar-refractivity contribution in [2.45, 2.75) is 6.54 Å². The SMILES string of the molecule is O=C(NCc1ccc(Cl)cc1)c1[nH]nc2c(F)c(Br)ccc12. The molecule has 0 spiro atoms. The fraction of sp³-hybridized carbons (Fsp3) is 0.0667. The van der Waals surface area contributed by atoms with Gasteiger partial charge in [-0.2, -0.15) is 5.10 Å². The molecule has 22 heavy (non-hydrogen) atoms. The Bertz CT molecular complexity index is 848. The van der Waals surface area contributed by atoms with Gasteiger partial charge in [0.15, 0.2) is 5.82 Å². The van der Waals surface area contributed by atoms with E-state index in [1.54, 1.807) is 24.3 Å². The molecule has 1 heterocycles. The predicted molar refractivity (Wildman–Crippen MR) is 86.4 cm³/mol. The second kappa shape index (κ2) is 6.06. The van der Waals surface area contributed by atoms with Gasteiger partial charge in [0.1, 0.15) is 11.2 Å². The van der Waals surface area contributed by atoms with Crippen molar-refractivity contribution in [3.63, 3.8) is 0 Å². The molecule has 2 N–H and O–H groups in total. The van der Waals surface area contributed by atoms with E-state index in [1.165, 1.54) is 0 Å². The average Bonchev–Trinajstić information content (AvgIpc) is 2.95. The van der Waals surface area contributed by atoms with E-state index in [2.05, 4.69) is 31.4 Å². The summed E-state index contributed by atoms with van der Waals surface area (Å²) in [5, 5.41) is 10.3. The van der Waals surface area contributed by atoms with E-state index in [9.17, 15) is 9.18 Å². The number of nitrogens with zero attached hydrogens (tertiary/aromatic N) is 1. The minimum atomic E-state index is -0.495. The number of amides is 1. The van der Waals surface area contributed by atoms with Gasteiger partial charge in [0.2, 0.25) is 0 Å². The number of aromatic nitrogens is 2. The van der Waals surface area contributed by atoms with E-state index in [0.717, 1.165) is 5.56 Å². The number of carbonyl (C=O) groups excluding carboxylic acids is 1. The van der Waals surface area contributed by atoms with Gasteiger partial charge in [-0.15, -0.1) is 0 Å². The van der Waals surface area contributed by atoms with Gasteiger partial charge in [-0.1, -0.05) is 23.7 Å². The molecule has 0 aliphatic rings. The summed E-state index contributed by atoms with van der Waals surface area (Å²) in [5.74, 6) is -0.843. The van der Waals surface area contributed by atoms with Crippen molar-refractivity contribution >= 4 is 44.3 Å². The van der Waals surface area contributed by atoms with Crippen LogP contribution in [0, 0.1) is 5.82 Å². The van der Waals surface area contributed by atoms with Crippen LogP contribution in [0.5, 0.6) is 0 Å². The fourth-order valence-corrected chi connectivity index (χ4v) is 2.52. The fourth-order valence-electron chi connectivity index (χ4n) is 2.07. The first-order valence-corrected chi connectivity index (χ1v) is 7.58. The molecule has 3 rings (SSSR count). The van der Waals surface area contributed by atoms with Crippen molar-refractivity contribution in [3.05, 3.63) is 63.0 Å². The first-order valence-electron chi connectivity index (χ1n) is 6.41. The van der Waals surface area contributed by atoms with E-state index in [4.69, 9.17) is 11.6 Å². The quantitative estimate of drug-likeness (QED) is 0.718. The van der Waals surface area contributed by atoms with Crippen LogP contribution < -0.4 is 5.32 Å². The monoisotopic (exact) mass is 381 g/mol. The minimum absolute atomic E-state index is 0.131. The van der Waals surface area contributed by atoms with E-state index in [0.29, 0.717) is 21.4 Å². The van der Waals surface area contributed by atoms with Gasteiger partial charge in [-0.25, -0.2) is 4.39 Å². The number of benzene rings is 2. The number of aromatic amines is 1. The Morgan fingerprint density at radius 2 is 2.00 bits per heavy atom. The summed E-state index contributed by atoms with van der Waals surface area (Å²) in [4.78, 5) is 12.2. The van der Waals surface area contributed by atoms with Crippen LogP contribution in [0.2, 0.25) is 5.02 Å². The van der Waals surface area contributed by atoms with Gasteiger partial charge in [0.25, 0.3) is 5.91 Å². The number of carbonyl (C=O) groups is 1.